The van der Waals surface area contributed by atoms with E-state index in [1.165, 1.54) is 23.5 Å². The fraction of sp³-hybridized carbons (Fsp3) is 0.300. The lowest BCUT2D eigenvalue weighted by Gasteiger charge is -2.12. The molecule has 0 bridgehead atoms. The monoisotopic (exact) mass is 407 g/mol. The zero-order chi connectivity index (χ0) is 20.3. The van der Waals surface area contributed by atoms with Crippen LogP contribution in [-0.4, -0.2) is 22.2 Å². The molecule has 28 heavy (non-hydrogen) atoms. The van der Waals surface area contributed by atoms with E-state index in [2.05, 4.69) is 10.4 Å². The van der Waals surface area contributed by atoms with Crippen LogP contribution >= 0.6 is 11.3 Å². The van der Waals surface area contributed by atoms with Crippen molar-refractivity contribution in [2.45, 2.75) is 33.0 Å². The van der Waals surface area contributed by atoms with Crippen molar-refractivity contribution < 1.29 is 18.0 Å². The summed E-state index contributed by atoms with van der Waals surface area (Å²) in [5.74, 6) is -0.291. The van der Waals surface area contributed by atoms with Crippen LogP contribution in [0.2, 0.25) is 0 Å². The molecule has 4 nitrogen and oxygen atoms in total. The van der Waals surface area contributed by atoms with E-state index in [1.807, 2.05) is 23.9 Å². The van der Waals surface area contributed by atoms with Crippen LogP contribution in [0.15, 0.2) is 41.9 Å². The van der Waals surface area contributed by atoms with Gasteiger partial charge in [-0.2, -0.15) is 18.3 Å². The predicted molar refractivity (Wildman–Crippen MR) is 103 cm³/mol. The minimum Gasteiger partial charge on any atom is -0.351 e. The summed E-state index contributed by atoms with van der Waals surface area (Å²) in [5.41, 5.74) is 2.41. The minimum atomic E-state index is -4.40. The second kappa shape index (κ2) is 8.18. The molecule has 3 rings (SSSR count). The molecule has 0 aliphatic carbocycles. The Morgan fingerprint density at radius 2 is 2.04 bits per heavy atom. The minimum absolute atomic E-state index is 0.112. The zero-order valence-electron chi connectivity index (χ0n) is 15.5. The van der Waals surface area contributed by atoms with Crippen LogP contribution in [0.3, 0.4) is 0 Å². The maximum absolute atomic E-state index is 13.0. The van der Waals surface area contributed by atoms with Crippen LogP contribution in [-0.2, 0) is 19.1 Å². The topological polar surface area (TPSA) is 46.9 Å². The van der Waals surface area contributed by atoms with Crippen molar-refractivity contribution in [2.75, 3.05) is 6.54 Å². The summed E-state index contributed by atoms with van der Waals surface area (Å²) < 4.78 is 41.0. The SMILES string of the molecule is CCn1ncc(C)c1-c1csc(C(=O)NCCc2ccccc2C(F)(F)F)c1. The Labute approximate surface area is 165 Å². The summed E-state index contributed by atoms with van der Waals surface area (Å²) >= 11 is 1.30. The van der Waals surface area contributed by atoms with Crippen molar-refractivity contribution in [3.05, 3.63) is 63.5 Å². The number of amides is 1. The summed E-state index contributed by atoms with van der Waals surface area (Å²) in [4.78, 5) is 12.9. The first kappa shape index (κ1) is 20.1. The molecular formula is C20H20F3N3OS. The number of halogens is 3. The molecule has 0 fully saturated rings. The van der Waals surface area contributed by atoms with Crippen LogP contribution in [0, 0.1) is 6.92 Å². The molecule has 2 heterocycles. The number of alkyl halides is 3. The number of nitrogens with one attached hydrogen (secondary N) is 1. The van der Waals surface area contributed by atoms with E-state index in [0.717, 1.165) is 29.4 Å². The number of rotatable bonds is 6. The smallest absolute Gasteiger partial charge is 0.351 e. The molecule has 0 atom stereocenters. The fourth-order valence-corrected chi connectivity index (χ4v) is 3.90. The summed E-state index contributed by atoms with van der Waals surface area (Å²) in [5, 5.41) is 8.91. The van der Waals surface area contributed by atoms with E-state index in [1.54, 1.807) is 18.3 Å². The van der Waals surface area contributed by atoms with E-state index in [9.17, 15) is 18.0 Å². The largest absolute Gasteiger partial charge is 0.416 e. The third-order valence-electron chi connectivity index (χ3n) is 4.42. The average Bonchev–Trinajstić information content (AvgIpc) is 3.27. The van der Waals surface area contributed by atoms with Crippen molar-refractivity contribution in [3.63, 3.8) is 0 Å². The van der Waals surface area contributed by atoms with Gasteiger partial charge in [0, 0.05) is 24.0 Å². The second-order valence-corrected chi connectivity index (χ2v) is 7.26. The van der Waals surface area contributed by atoms with Gasteiger partial charge in [0.25, 0.3) is 5.91 Å². The normalized spacial score (nSPS) is 11.6. The predicted octanol–water partition coefficient (Wildman–Crippen LogP) is 4.93. The second-order valence-electron chi connectivity index (χ2n) is 6.35. The number of thiophene rings is 1. The standard InChI is InChI=1S/C20H20F3N3OS/c1-3-26-18(13(2)11-25-26)15-10-17(28-12-15)19(27)24-9-8-14-6-4-5-7-16(14)20(21,22)23/h4-7,10-12H,3,8-9H2,1-2H3,(H,24,27). The molecule has 0 aliphatic rings. The summed E-state index contributed by atoms with van der Waals surface area (Å²) in [6.45, 7) is 4.81. The first-order valence-corrected chi connectivity index (χ1v) is 9.73. The number of benzene rings is 1. The van der Waals surface area contributed by atoms with Gasteiger partial charge in [-0.05, 0) is 43.5 Å². The Hall–Kier alpha value is -2.61. The van der Waals surface area contributed by atoms with E-state index in [0.29, 0.717) is 4.88 Å². The van der Waals surface area contributed by atoms with Crippen molar-refractivity contribution in [1.29, 1.82) is 0 Å². The van der Waals surface area contributed by atoms with Crippen molar-refractivity contribution in [1.82, 2.24) is 15.1 Å². The Balaban J connectivity index is 1.66. The Morgan fingerprint density at radius 3 is 2.75 bits per heavy atom. The summed E-state index contributed by atoms with van der Waals surface area (Å²) in [6.07, 6.45) is -2.50. The highest BCUT2D eigenvalue weighted by atomic mass is 32.1. The lowest BCUT2D eigenvalue weighted by molar-refractivity contribution is -0.138. The number of aryl methyl sites for hydroxylation is 2. The molecule has 3 aromatic rings. The maximum Gasteiger partial charge on any atom is 0.416 e. The van der Waals surface area contributed by atoms with E-state index in [-0.39, 0.29) is 24.4 Å². The van der Waals surface area contributed by atoms with Crippen LogP contribution in [0.25, 0.3) is 11.3 Å². The average molecular weight is 407 g/mol. The van der Waals surface area contributed by atoms with Crippen molar-refractivity contribution >= 4 is 17.2 Å². The quantitative estimate of drug-likeness (QED) is 0.630. The van der Waals surface area contributed by atoms with Gasteiger partial charge in [-0.3, -0.25) is 9.48 Å². The van der Waals surface area contributed by atoms with Gasteiger partial charge in [0.1, 0.15) is 0 Å². The fourth-order valence-electron chi connectivity index (χ4n) is 3.09. The van der Waals surface area contributed by atoms with Gasteiger partial charge in [-0.1, -0.05) is 18.2 Å². The van der Waals surface area contributed by atoms with Crippen LogP contribution in [0.1, 0.15) is 33.3 Å². The van der Waals surface area contributed by atoms with Crippen LogP contribution in [0.4, 0.5) is 13.2 Å². The van der Waals surface area contributed by atoms with E-state index in [4.69, 9.17) is 0 Å². The number of nitrogens with zero attached hydrogens (tertiary/aromatic N) is 2. The molecule has 1 N–H and O–H groups in total. The molecule has 0 spiro atoms. The molecule has 0 saturated carbocycles. The maximum atomic E-state index is 13.0. The lowest BCUT2D eigenvalue weighted by Crippen LogP contribution is -2.25. The molecule has 0 radical (unpaired) electrons. The van der Waals surface area contributed by atoms with Gasteiger partial charge in [0.15, 0.2) is 0 Å². The third kappa shape index (κ3) is 4.27. The molecule has 148 valence electrons. The zero-order valence-corrected chi connectivity index (χ0v) is 16.3. The molecule has 2 aromatic heterocycles. The van der Waals surface area contributed by atoms with Gasteiger partial charge >= 0.3 is 6.18 Å². The first-order chi connectivity index (χ1) is 13.3. The van der Waals surface area contributed by atoms with Crippen LogP contribution in [0.5, 0.6) is 0 Å². The highest BCUT2D eigenvalue weighted by Crippen LogP contribution is 2.32. The molecule has 8 heteroatoms. The highest BCUT2D eigenvalue weighted by Gasteiger charge is 2.32. The number of carbonyl (C=O) groups is 1. The Morgan fingerprint density at radius 1 is 1.29 bits per heavy atom. The lowest BCUT2D eigenvalue weighted by atomic mass is 10.0. The number of hydrogen-bond donors (Lipinski definition) is 1. The van der Waals surface area contributed by atoms with Gasteiger partial charge in [0.2, 0.25) is 0 Å². The molecular weight excluding hydrogens is 387 g/mol. The van der Waals surface area contributed by atoms with Crippen molar-refractivity contribution in [3.8, 4) is 11.3 Å². The molecule has 1 amide bonds. The number of hydrogen-bond acceptors (Lipinski definition) is 3. The molecule has 0 unspecified atom stereocenters. The van der Waals surface area contributed by atoms with Gasteiger partial charge in [-0.15, -0.1) is 11.3 Å². The molecule has 0 aliphatic heterocycles. The van der Waals surface area contributed by atoms with Crippen molar-refractivity contribution in [2.24, 2.45) is 0 Å². The number of aromatic nitrogens is 2. The summed E-state index contributed by atoms with van der Waals surface area (Å²) in [7, 11) is 0. The third-order valence-corrected chi connectivity index (χ3v) is 5.35. The van der Waals surface area contributed by atoms with E-state index < -0.39 is 11.7 Å². The molecule has 0 saturated heterocycles. The van der Waals surface area contributed by atoms with Gasteiger partial charge in [-0.25, -0.2) is 0 Å². The molecule has 1 aromatic carbocycles. The highest BCUT2D eigenvalue weighted by molar-refractivity contribution is 7.12. The Bertz CT molecular complexity index is 975. The Kier molecular flexibility index (Phi) is 5.88. The van der Waals surface area contributed by atoms with Gasteiger partial charge < -0.3 is 5.32 Å². The van der Waals surface area contributed by atoms with E-state index >= 15 is 0 Å². The number of carbonyl (C=O) groups excluding carboxylic acids is 1. The first-order valence-electron chi connectivity index (χ1n) is 8.86. The van der Waals surface area contributed by atoms with Gasteiger partial charge in [0.05, 0.1) is 22.3 Å². The van der Waals surface area contributed by atoms with Crippen LogP contribution < -0.4 is 5.32 Å². The summed E-state index contributed by atoms with van der Waals surface area (Å²) in [6, 6.07) is 7.22.